The van der Waals surface area contributed by atoms with Crippen molar-refractivity contribution in [2.75, 3.05) is 24.4 Å². The Bertz CT molecular complexity index is 978. The van der Waals surface area contributed by atoms with E-state index < -0.39 is 49.6 Å². The number of nitrogens with zero attached hydrogens (tertiary/aromatic N) is 1. The first kappa shape index (κ1) is 24.6. The fourth-order valence-corrected chi connectivity index (χ4v) is 5.12. The van der Waals surface area contributed by atoms with Gasteiger partial charge in [-0.3, -0.25) is 4.79 Å². The van der Waals surface area contributed by atoms with E-state index in [1.165, 1.54) is 24.6 Å². The van der Waals surface area contributed by atoms with Crippen molar-refractivity contribution in [3.63, 3.8) is 0 Å². The standard InChI is InChI=1S/C18H28F2N4O4S2/c1-29(2,26)24-14-10-13(8-9-15(14)30(27,28)22-11-16(19)20)23-18(25)17(21)12-6-4-3-5-7-12/h8-10,12,16-17,22H,3-7,11,21H2,1-2H3,(H,23,25)/t17-/m0/s1. The summed E-state index contributed by atoms with van der Waals surface area (Å²) < 4.78 is 67.5. The first-order chi connectivity index (χ1) is 13.9. The van der Waals surface area contributed by atoms with Crippen LogP contribution in [0.4, 0.5) is 20.2 Å². The summed E-state index contributed by atoms with van der Waals surface area (Å²) in [4.78, 5) is 12.1. The quantitative estimate of drug-likeness (QED) is 0.542. The Balaban J connectivity index is 2.31. The van der Waals surface area contributed by atoms with E-state index in [2.05, 4.69) is 9.68 Å². The summed E-state index contributed by atoms with van der Waals surface area (Å²) in [6, 6.07) is 2.98. The summed E-state index contributed by atoms with van der Waals surface area (Å²) in [7, 11) is -7.10. The van der Waals surface area contributed by atoms with Gasteiger partial charge in [0.1, 0.15) is 4.90 Å². The van der Waals surface area contributed by atoms with Crippen LogP contribution in [0.2, 0.25) is 0 Å². The number of benzene rings is 1. The number of anilines is 1. The Kier molecular flexibility index (Phi) is 8.31. The molecule has 2 rings (SSSR count). The Morgan fingerprint density at radius 1 is 1.20 bits per heavy atom. The minimum atomic E-state index is -4.32. The number of nitrogens with two attached hydrogens (primary N) is 1. The third-order valence-corrected chi connectivity index (χ3v) is 6.83. The fourth-order valence-electron chi connectivity index (χ4n) is 3.31. The van der Waals surface area contributed by atoms with Crippen molar-refractivity contribution in [2.45, 2.75) is 49.5 Å². The third kappa shape index (κ3) is 7.25. The van der Waals surface area contributed by atoms with Crippen molar-refractivity contribution in [2.24, 2.45) is 16.0 Å². The zero-order chi connectivity index (χ0) is 22.5. The van der Waals surface area contributed by atoms with Gasteiger partial charge in [-0.2, -0.15) is 4.36 Å². The van der Waals surface area contributed by atoms with Crippen LogP contribution in [0.15, 0.2) is 27.5 Å². The molecule has 8 nitrogen and oxygen atoms in total. The monoisotopic (exact) mass is 466 g/mol. The SMILES string of the molecule is CS(C)(=O)=Nc1cc(NC(=O)[C@@H](N)C2CCCCC2)ccc1S(=O)(=O)NCC(F)F. The molecule has 1 aromatic rings. The minimum Gasteiger partial charge on any atom is -0.325 e. The first-order valence-electron chi connectivity index (χ1n) is 9.54. The van der Waals surface area contributed by atoms with Crippen molar-refractivity contribution in [3.8, 4) is 0 Å². The molecule has 0 aromatic heterocycles. The maximum absolute atomic E-state index is 12.5. The van der Waals surface area contributed by atoms with E-state index in [0.29, 0.717) is 0 Å². The number of carbonyl (C=O) groups excluding carboxylic acids is 1. The molecular weight excluding hydrogens is 438 g/mol. The Morgan fingerprint density at radius 3 is 2.40 bits per heavy atom. The molecule has 1 amide bonds. The van der Waals surface area contributed by atoms with Gasteiger partial charge in [0.15, 0.2) is 0 Å². The number of nitrogens with one attached hydrogen (secondary N) is 2. The normalized spacial score (nSPS) is 17.0. The van der Waals surface area contributed by atoms with Crippen LogP contribution in [0.5, 0.6) is 0 Å². The average molecular weight is 467 g/mol. The van der Waals surface area contributed by atoms with Gasteiger partial charge in [0.2, 0.25) is 15.9 Å². The van der Waals surface area contributed by atoms with Crippen molar-refractivity contribution in [3.05, 3.63) is 18.2 Å². The lowest BCUT2D eigenvalue weighted by molar-refractivity contribution is -0.118. The van der Waals surface area contributed by atoms with Gasteiger partial charge < -0.3 is 11.1 Å². The van der Waals surface area contributed by atoms with E-state index in [1.54, 1.807) is 4.72 Å². The molecule has 1 atom stereocenters. The number of hydrogen-bond acceptors (Lipinski definition) is 6. The fraction of sp³-hybridized carbons (Fsp3) is 0.611. The van der Waals surface area contributed by atoms with Gasteiger partial charge >= 0.3 is 0 Å². The van der Waals surface area contributed by atoms with Crippen LogP contribution < -0.4 is 15.8 Å². The second-order valence-corrected chi connectivity index (χ2v) is 11.9. The minimum absolute atomic E-state index is 0.0751. The molecule has 0 heterocycles. The third-order valence-electron chi connectivity index (χ3n) is 4.72. The van der Waals surface area contributed by atoms with Gasteiger partial charge in [-0.15, -0.1) is 0 Å². The van der Waals surface area contributed by atoms with Crippen molar-refractivity contribution >= 4 is 37.0 Å². The van der Waals surface area contributed by atoms with Crippen molar-refractivity contribution < 1.29 is 26.2 Å². The molecule has 1 fully saturated rings. The molecule has 30 heavy (non-hydrogen) atoms. The molecule has 4 N–H and O–H groups in total. The molecule has 0 aliphatic heterocycles. The summed E-state index contributed by atoms with van der Waals surface area (Å²) in [5.41, 5.74) is 6.11. The molecule has 1 saturated carbocycles. The van der Waals surface area contributed by atoms with Gasteiger partial charge in [0.05, 0.1) is 18.3 Å². The predicted octanol–water partition coefficient (Wildman–Crippen LogP) is 2.44. The maximum atomic E-state index is 12.5. The summed E-state index contributed by atoms with van der Waals surface area (Å²) >= 11 is 0. The molecule has 1 aliphatic carbocycles. The maximum Gasteiger partial charge on any atom is 0.251 e. The van der Waals surface area contributed by atoms with Gasteiger partial charge in [0.25, 0.3) is 6.43 Å². The second-order valence-electron chi connectivity index (χ2n) is 7.61. The summed E-state index contributed by atoms with van der Waals surface area (Å²) in [5, 5.41) is 2.64. The lowest BCUT2D eigenvalue weighted by atomic mass is 9.84. The molecule has 0 bridgehead atoms. The van der Waals surface area contributed by atoms with Gasteiger partial charge in [-0.05, 0) is 37.0 Å². The van der Waals surface area contributed by atoms with Gasteiger partial charge in [-0.1, -0.05) is 19.3 Å². The van der Waals surface area contributed by atoms with Crippen LogP contribution in [0, 0.1) is 5.92 Å². The van der Waals surface area contributed by atoms with Crippen LogP contribution in [0.3, 0.4) is 0 Å². The van der Waals surface area contributed by atoms with Gasteiger partial charge in [-0.25, -0.2) is 26.1 Å². The van der Waals surface area contributed by atoms with Crippen LogP contribution in [0.1, 0.15) is 32.1 Å². The topological polar surface area (TPSA) is 131 Å². The molecule has 170 valence electrons. The lowest BCUT2D eigenvalue weighted by Gasteiger charge is -2.26. The largest absolute Gasteiger partial charge is 0.325 e. The van der Waals surface area contributed by atoms with E-state index in [1.807, 2.05) is 0 Å². The van der Waals surface area contributed by atoms with Crippen LogP contribution >= 0.6 is 0 Å². The van der Waals surface area contributed by atoms with Crippen LogP contribution in [0.25, 0.3) is 0 Å². The molecule has 0 spiro atoms. The Labute approximate surface area is 176 Å². The Morgan fingerprint density at radius 2 is 1.83 bits per heavy atom. The molecule has 1 aliphatic rings. The number of amides is 1. The highest BCUT2D eigenvalue weighted by atomic mass is 32.2. The zero-order valence-corrected chi connectivity index (χ0v) is 18.6. The number of alkyl halides is 2. The summed E-state index contributed by atoms with van der Waals surface area (Å²) in [5.74, 6) is -0.334. The van der Waals surface area contributed by atoms with E-state index in [-0.39, 0.29) is 17.3 Å². The summed E-state index contributed by atoms with van der Waals surface area (Å²) in [6.45, 7) is -1.07. The van der Waals surface area contributed by atoms with E-state index >= 15 is 0 Å². The predicted molar refractivity (Wildman–Crippen MR) is 113 cm³/mol. The summed E-state index contributed by atoms with van der Waals surface area (Å²) in [6.07, 6.45) is 4.65. The van der Waals surface area contributed by atoms with Crippen LogP contribution in [-0.4, -0.2) is 50.1 Å². The zero-order valence-electron chi connectivity index (χ0n) is 16.9. The number of sulfonamides is 1. The highest BCUT2D eigenvalue weighted by Gasteiger charge is 2.27. The molecule has 0 radical (unpaired) electrons. The molecule has 12 heteroatoms. The van der Waals surface area contributed by atoms with Gasteiger partial charge in [0, 0.05) is 27.9 Å². The molecular formula is C18H28F2N4O4S2. The van der Waals surface area contributed by atoms with Crippen molar-refractivity contribution in [1.82, 2.24) is 4.72 Å². The number of halogens is 2. The van der Waals surface area contributed by atoms with E-state index in [4.69, 9.17) is 5.73 Å². The van der Waals surface area contributed by atoms with Crippen molar-refractivity contribution in [1.29, 1.82) is 0 Å². The smallest absolute Gasteiger partial charge is 0.251 e. The number of rotatable bonds is 8. The number of carbonyl (C=O) groups is 1. The number of hydrogen-bond donors (Lipinski definition) is 3. The molecule has 0 saturated heterocycles. The van der Waals surface area contributed by atoms with Crippen LogP contribution in [-0.2, 0) is 24.5 Å². The van der Waals surface area contributed by atoms with E-state index in [9.17, 15) is 26.2 Å². The Hall–Kier alpha value is -1.63. The first-order valence-corrected chi connectivity index (χ1v) is 13.4. The molecule has 0 unspecified atom stereocenters. The highest BCUT2D eigenvalue weighted by Crippen LogP contribution is 2.30. The average Bonchev–Trinajstić information content (AvgIpc) is 2.65. The second kappa shape index (κ2) is 10.1. The molecule has 1 aromatic carbocycles. The lowest BCUT2D eigenvalue weighted by Crippen LogP contribution is -2.42. The van der Waals surface area contributed by atoms with E-state index in [0.717, 1.165) is 38.2 Å². The highest BCUT2D eigenvalue weighted by molar-refractivity contribution is 7.92.